The molecule has 0 aliphatic carbocycles. The summed E-state index contributed by atoms with van der Waals surface area (Å²) >= 11 is 0. The Morgan fingerprint density at radius 1 is 1.32 bits per heavy atom. The highest BCUT2D eigenvalue weighted by atomic mass is 16.4. The number of para-hydroxylation sites is 2. The molecule has 1 atom stereocenters. The van der Waals surface area contributed by atoms with Gasteiger partial charge in [-0.2, -0.15) is 4.98 Å². The average Bonchev–Trinajstić information content (AvgIpc) is 2.90. The van der Waals surface area contributed by atoms with Gasteiger partial charge in [-0.1, -0.05) is 12.1 Å². The molecule has 0 spiro atoms. The minimum absolute atomic E-state index is 0.159. The maximum Gasteiger partial charge on any atom is 0.298 e. The number of nitrogens with zero attached hydrogens (tertiary/aromatic N) is 2. The van der Waals surface area contributed by atoms with Crippen LogP contribution in [0, 0.1) is 5.92 Å². The maximum absolute atomic E-state index is 9.65. The third-order valence-electron chi connectivity index (χ3n) is 3.82. The monoisotopic (exact) mass is 262 g/mol. The Morgan fingerprint density at radius 2 is 2.05 bits per heavy atom. The van der Waals surface area contributed by atoms with Crippen LogP contribution in [0.1, 0.15) is 12.8 Å². The van der Waals surface area contributed by atoms with Crippen LogP contribution in [0.2, 0.25) is 0 Å². The summed E-state index contributed by atoms with van der Waals surface area (Å²) in [6.45, 7) is 1.44. The Morgan fingerprint density at radius 3 is 2.74 bits per heavy atom. The number of aliphatic hydroxyl groups is 2. The summed E-state index contributed by atoms with van der Waals surface area (Å²) in [5.74, 6) is 0.172. The van der Waals surface area contributed by atoms with Crippen LogP contribution in [0.15, 0.2) is 28.7 Å². The Labute approximate surface area is 111 Å². The molecule has 0 bridgehead atoms. The van der Waals surface area contributed by atoms with E-state index in [9.17, 15) is 5.11 Å². The van der Waals surface area contributed by atoms with Gasteiger partial charge in [0, 0.05) is 13.1 Å². The van der Waals surface area contributed by atoms with Gasteiger partial charge < -0.3 is 19.5 Å². The quantitative estimate of drug-likeness (QED) is 0.875. The molecule has 5 nitrogen and oxygen atoms in total. The molecule has 1 aromatic carbocycles. The summed E-state index contributed by atoms with van der Waals surface area (Å²) < 4.78 is 5.73. The number of benzene rings is 1. The lowest BCUT2D eigenvalue weighted by Gasteiger charge is -2.32. The number of fused-ring (bicyclic) bond motifs is 1. The van der Waals surface area contributed by atoms with E-state index in [1.54, 1.807) is 0 Å². The number of anilines is 1. The molecule has 2 N–H and O–H groups in total. The number of oxazole rings is 1. The molecule has 1 aromatic heterocycles. The molecule has 1 fully saturated rings. The van der Waals surface area contributed by atoms with Gasteiger partial charge >= 0.3 is 0 Å². The summed E-state index contributed by atoms with van der Waals surface area (Å²) in [4.78, 5) is 6.57. The zero-order valence-corrected chi connectivity index (χ0v) is 10.7. The lowest BCUT2D eigenvalue weighted by molar-refractivity contribution is 0.0373. The summed E-state index contributed by atoms with van der Waals surface area (Å²) in [6.07, 6.45) is 1.09. The topological polar surface area (TPSA) is 69.7 Å². The first-order valence-corrected chi connectivity index (χ1v) is 6.67. The van der Waals surface area contributed by atoms with E-state index in [4.69, 9.17) is 9.52 Å². The fourth-order valence-electron chi connectivity index (χ4n) is 2.62. The van der Waals surface area contributed by atoms with E-state index < -0.39 is 6.10 Å². The van der Waals surface area contributed by atoms with Crippen molar-refractivity contribution in [1.82, 2.24) is 4.98 Å². The first-order chi connectivity index (χ1) is 9.28. The van der Waals surface area contributed by atoms with Gasteiger partial charge in [0.15, 0.2) is 5.58 Å². The normalized spacial score (nSPS) is 18.9. The van der Waals surface area contributed by atoms with Crippen LogP contribution in [0.5, 0.6) is 0 Å². The molecule has 2 heterocycles. The predicted octanol–water partition coefficient (Wildman–Crippen LogP) is 1.40. The molecule has 5 heteroatoms. The fraction of sp³-hybridized carbons (Fsp3) is 0.500. The van der Waals surface area contributed by atoms with Crippen molar-refractivity contribution in [3.63, 3.8) is 0 Å². The van der Waals surface area contributed by atoms with Crippen molar-refractivity contribution in [2.24, 2.45) is 5.92 Å². The summed E-state index contributed by atoms with van der Waals surface area (Å²) in [7, 11) is 0. The summed E-state index contributed by atoms with van der Waals surface area (Å²) in [5, 5.41) is 18.6. The van der Waals surface area contributed by atoms with E-state index in [0.717, 1.165) is 37.0 Å². The number of hydrogen-bond donors (Lipinski definition) is 2. The molecular weight excluding hydrogens is 244 g/mol. The molecule has 1 aliphatic rings. The predicted molar refractivity (Wildman–Crippen MR) is 72.0 cm³/mol. The molecular formula is C14H18N2O3. The zero-order valence-electron chi connectivity index (χ0n) is 10.7. The second-order valence-electron chi connectivity index (χ2n) is 5.04. The van der Waals surface area contributed by atoms with E-state index >= 15 is 0 Å². The molecule has 1 saturated heterocycles. The molecule has 0 saturated carbocycles. The molecule has 19 heavy (non-hydrogen) atoms. The van der Waals surface area contributed by atoms with Gasteiger partial charge in [-0.25, -0.2) is 0 Å². The van der Waals surface area contributed by atoms with E-state index in [1.165, 1.54) is 0 Å². The largest absolute Gasteiger partial charge is 0.423 e. The van der Waals surface area contributed by atoms with Crippen molar-refractivity contribution in [1.29, 1.82) is 0 Å². The third-order valence-corrected chi connectivity index (χ3v) is 3.82. The number of hydrogen-bond acceptors (Lipinski definition) is 5. The summed E-state index contributed by atoms with van der Waals surface area (Å²) in [6, 6.07) is 8.37. The highest BCUT2D eigenvalue weighted by molar-refractivity contribution is 5.74. The molecule has 102 valence electrons. The highest BCUT2D eigenvalue weighted by Crippen LogP contribution is 2.27. The number of aliphatic hydroxyl groups excluding tert-OH is 2. The van der Waals surface area contributed by atoms with Gasteiger partial charge in [0.25, 0.3) is 6.01 Å². The van der Waals surface area contributed by atoms with Crippen LogP contribution < -0.4 is 4.90 Å². The number of piperidine rings is 1. The van der Waals surface area contributed by atoms with Crippen LogP contribution in [-0.4, -0.2) is 41.0 Å². The van der Waals surface area contributed by atoms with Crippen LogP contribution in [0.4, 0.5) is 6.01 Å². The number of aromatic nitrogens is 1. The van der Waals surface area contributed by atoms with E-state index in [0.29, 0.717) is 6.01 Å². The lowest BCUT2D eigenvalue weighted by atomic mass is 9.92. The van der Waals surface area contributed by atoms with Gasteiger partial charge in [0.1, 0.15) is 5.52 Å². The van der Waals surface area contributed by atoms with Crippen molar-refractivity contribution in [2.45, 2.75) is 18.9 Å². The van der Waals surface area contributed by atoms with Gasteiger partial charge in [0.2, 0.25) is 0 Å². The maximum atomic E-state index is 9.65. The van der Waals surface area contributed by atoms with Crippen molar-refractivity contribution in [3.8, 4) is 0 Å². The van der Waals surface area contributed by atoms with E-state index in [1.807, 2.05) is 24.3 Å². The Balaban J connectivity index is 1.71. The third kappa shape index (κ3) is 2.43. The standard InChI is InChI=1S/C14H18N2O3/c17-9-12(18)10-5-7-16(8-6-10)14-15-11-3-1-2-4-13(11)19-14/h1-4,10,12,17-18H,5-9H2. The molecule has 0 radical (unpaired) electrons. The van der Waals surface area contributed by atoms with Crippen molar-refractivity contribution in [2.75, 3.05) is 24.6 Å². The van der Waals surface area contributed by atoms with Gasteiger partial charge in [-0.15, -0.1) is 0 Å². The SMILES string of the molecule is OCC(O)C1CCN(c2nc3ccccc3o2)CC1. The van der Waals surface area contributed by atoms with Crippen LogP contribution in [-0.2, 0) is 0 Å². The van der Waals surface area contributed by atoms with Crippen molar-refractivity contribution < 1.29 is 14.6 Å². The van der Waals surface area contributed by atoms with Crippen LogP contribution in [0.3, 0.4) is 0 Å². The Bertz CT molecular complexity index is 513. The van der Waals surface area contributed by atoms with Gasteiger partial charge in [-0.3, -0.25) is 0 Å². The Kier molecular flexibility index (Phi) is 3.40. The fourth-order valence-corrected chi connectivity index (χ4v) is 2.62. The Hall–Kier alpha value is -1.59. The van der Waals surface area contributed by atoms with Gasteiger partial charge in [0.05, 0.1) is 12.7 Å². The first kappa shape index (κ1) is 12.4. The number of rotatable bonds is 3. The van der Waals surface area contributed by atoms with Crippen molar-refractivity contribution >= 4 is 17.1 Å². The minimum Gasteiger partial charge on any atom is -0.423 e. The zero-order chi connectivity index (χ0) is 13.2. The van der Waals surface area contributed by atoms with Crippen LogP contribution in [0.25, 0.3) is 11.1 Å². The molecule has 3 rings (SSSR count). The average molecular weight is 262 g/mol. The second kappa shape index (κ2) is 5.19. The lowest BCUT2D eigenvalue weighted by Crippen LogP contribution is -2.39. The van der Waals surface area contributed by atoms with Crippen molar-refractivity contribution in [3.05, 3.63) is 24.3 Å². The summed E-state index contributed by atoms with van der Waals surface area (Å²) in [5.41, 5.74) is 1.67. The van der Waals surface area contributed by atoms with E-state index in [-0.39, 0.29) is 12.5 Å². The molecule has 2 aromatic rings. The van der Waals surface area contributed by atoms with Gasteiger partial charge in [-0.05, 0) is 30.9 Å². The van der Waals surface area contributed by atoms with Crippen LogP contribution >= 0.6 is 0 Å². The smallest absolute Gasteiger partial charge is 0.298 e. The first-order valence-electron chi connectivity index (χ1n) is 6.67. The minimum atomic E-state index is -0.606. The molecule has 1 unspecified atom stereocenters. The highest BCUT2D eigenvalue weighted by Gasteiger charge is 2.26. The molecule has 0 amide bonds. The van der Waals surface area contributed by atoms with E-state index in [2.05, 4.69) is 9.88 Å². The molecule has 1 aliphatic heterocycles. The second-order valence-corrected chi connectivity index (χ2v) is 5.04.